The Hall–Kier alpha value is -1.75. The molecule has 2 aromatic heterocycles. The minimum atomic E-state index is 0.465. The predicted octanol–water partition coefficient (Wildman–Crippen LogP) is 2.78. The number of hydrogen-bond donors (Lipinski definition) is 0. The van der Waals surface area contributed by atoms with E-state index >= 15 is 0 Å². The maximum absolute atomic E-state index is 5.78. The van der Waals surface area contributed by atoms with E-state index in [1.54, 1.807) is 0 Å². The first kappa shape index (κ1) is 14.2. The Morgan fingerprint density at radius 2 is 2.00 bits per heavy atom. The van der Waals surface area contributed by atoms with Gasteiger partial charge in [-0.2, -0.15) is 0 Å². The van der Waals surface area contributed by atoms with Crippen molar-refractivity contribution in [1.29, 1.82) is 0 Å². The van der Waals surface area contributed by atoms with Gasteiger partial charge in [-0.3, -0.25) is 4.98 Å². The van der Waals surface area contributed by atoms with E-state index in [4.69, 9.17) is 4.74 Å². The van der Waals surface area contributed by atoms with Crippen molar-refractivity contribution in [1.82, 2.24) is 15.0 Å². The SMILES string of the molecule is CC.Cc1cc2nc(C)nc3c2c(n1)COCC1CCN31. The summed E-state index contributed by atoms with van der Waals surface area (Å²) in [6, 6.07) is 2.50. The second-order valence-electron chi connectivity index (χ2n) is 5.35. The standard InChI is InChI=1S/C14H16N4O.C2H6/c1-8-5-11-13-12(15-8)7-19-6-10-3-4-18(10)14(13)17-9(2)16-11;1-2/h5,10H,3-4,6-7H2,1-2H3;1-2H3. The number of pyridine rings is 1. The Kier molecular flexibility index (Phi) is 3.76. The van der Waals surface area contributed by atoms with Crippen LogP contribution in [0.5, 0.6) is 0 Å². The van der Waals surface area contributed by atoms with Gasteiger partial charge < -0.3 is 9.64 Å². The number of nitrogens with zero attached hydrogens (tertiary/aromatic N) is 4. The highest BCUT2D eigenvalue weighted by Gasteiger charge is 2.33. The van der Waals surface area contributed by atoms with Crippen molar-refractivity contribution in [3.63, 3.8) is 0 Å². The Morgan fingerprint density at radius 3 is 2.71 bits per heavy atom. The van der Waals surface area contributed by atoms with Gasteiger partial charge in [0.25, 0.3) is 0 Å². The molecular weight excluding hydrogens is 264 g/mol. The maximum Gasteiger partial charge on any atom is 0.142 e. The van der Waals surface area contributed by atoms with Crippen LogP contribution in [0.25, 0.3) is 10.9 Å². The monoisotopic (exact) mass is 286 g/mol. The van der Waals surface area contributed by atoms with Crippen molar-refractivity contribution in [2.24, 2.45) is 0 Å². The zero-order valence-corrected chi connectivity index (χ0v) is 13.2. The Morgan fingerprint density at radius 1 is 1.19 bits per heavy atom. The van der Waals surface area contributed by atoms with Gasteiger partial charge in [0.1, 0.15) is 11.6 Å². The summed E-state index contributed by atoms with van der Waals surface area (Å²) in [5.41, 5.74) is 2.94. The van der Waals surface area contributed by atoms with Crippen LogP contribution in [0.2, 0.25) is 0 Å². The fourth-order valence-electron chi connectivity index (χ4n) is 2.96. The average molecular weight is 286 g/mol. The van der Waals surface area contributed by atoms with Crippen molar-refractivity contribution in [2.75, 3.05) is 18.1 Å². The molecule has 0 amide bonds. The third kappa shape index (κ3) is 2.35. The molecule has 112 valence electrons. The fourth-order valence-corrected chi connectivity index (χ4v) is 2.96. The second-order valence-corrected chi connectivity index (χ2v) is 5.35. The van der Waals surface area contributed by atoms with E-state index < -0.39 is 0 Å². The van der Waals surface area contributed by atoms with Gasteiger partial charge >= 0.3 is 0 Å². The molecule has 4 heterocycles. The van der Waals surface area contributed by atoms with Crippen molar-refractivity contribution in [3.8, 4) is 0 Å². The Bertz CT molecular complexity index is 666. The summed E-state index contributed by atoms with van der Waals surface area (Å²) in [5.74, 6) is 1.87. The van der Waals surface area contributed by atoms with Crippen molar-refractivity contribution in [2.45, 2.75) is 46.8 Å². The molecule has 1 saturated heterocycles. The van der Waals surface area contributed by atoms with Crippen molar-refractivity contribution in [3.05, 3.63) is 23.3 Å². The molecule has 0 N–H and O–H groups in total. The lowest BCUT2D eigenvalue weighted by molar-refractivity contribution is 0.0891. The van der Waals surface area contributed by atoms with Crippen molar-refractivity contribution < 1.29 is 4.74 Å². The van der Waals surface area contributed by atoms with E-state index in [1.807, 2.05) is 33.8 Å². The third-order valence-corrected chi connectivity index (χ3v) is 3.94. The van der Waals surface area contributed by atoms with Crippen LogP contribution in [0.3, 0.4) is 0 Å². The molecule has 5 heteroatoms. The summed E-state index contributed by atoms with van der Waals surface area (Å²) in [6.07, 6.45) is 1.18. The first-order valence-corrected chi connectivity index (χ1v) is 7.71. The van der Waals surface area contributed by atoms with Crippen molar-refractivity contribution >= 4 is 16.7 Å². The van der Waals surface area contributed by atoms with Gasteiger partial charge in [-0.25, -0.2) is 9.97 Å². The zero-order chi connectivity index (χ0) is 15.0. The van der Waals surface area contributed by atoms with Crippen LogP contribution in [0.4, 0.5) is 5.82 Å². The summed E-state index contributed by atoms with van der Waals surface area (Å²) in [4.78, 5) is 16.2. The van der Waals surface area contributed by atoms with Crippen LogP contribution in [-0.4, -0.2) is 34.1 Å². The van der Waals surface area contributed by atoms with E-state index in [0.717, 1.165) is 47.1 Å². The third-order valence-electron chi connectivity index (χ3n) is 3.94. The van der Waals surface area contributed by atoms with E-state index in [-0.39, 0.29) is 0 Å². The first-order valence-electron chi connectivity index (χ1n) is 7.71. The summed E-state index contributed by atoms with van der Waals surface area (Å²) in [7, 11) is 0. The smallest absolute Gasteiger partial charge is 0.142 e. The molecule has 2 aromatic rings. The number of aryl methyl sites for hydroxylation is 2. The molecule has 5 nitrogen and oxygen atoms in total. The van der Waals surface area contributed by atoms with E-state index in [9.17, 15) is 0 Å². The lowest BCUT2D eigenvalue weighted by atomic mass is 10.0. The van der Waals surface area contributed by atoms with Gasteiger partial charge in [0.2, 0.25) is 0 Å². The van der Waals surface area contributed by atoms with Crippen LogP contribution in [-0.2, 0) is 11.3 Å². The largest absolute Gasteiger partial charge is 0.373 e. The minimum absolute atomic E-state index is 0.465. The summed E-state index contributed by atoms with van der Waals surface area (Å²) in [5, 5.41) is 1.07. The molecule has 0 saturated carbocycles. The van der Waals surface area contributed by atoms with Crippen LogP contribution in [0.1, 0.15) is 37.5 Å². The highest BCUT2D eigenvalue weighted by molar-refractivity contribution is 5.92. The van der Waals surface area contributed by atoms with Gasteiger partial charge in [-0.05, 0) is 26.3 Å². The number of fused-ring (bicyclic) bond motifs is 2. The topological polar surface area (TPSA) is 51.1 Å². The summed E-state index contributed by atoms with van der Waals surface area (Å²) in [6.45, 7) is 10.3. The average Bonchev–Trinajstić information content (AvgIpc) is 2.42. The zero-order valence-electron chi connectivity index (χ0n) is 13.2. The van der Waals surface area contributed by atoms with Crippen LogP contribution in [0.15, 0.2) is 6.07 Å². The Balaban J connectivity index is 0.000000636. The van der Waals surface area contributed by atoms with E-state index in [2.05, 4.69) is 19.9 Å². The molecule has 1 fully saturated rings. The molecule has 0 spiro atoms. The highest BCUT2D eigenvalue weighted by atomic mass is 16.5. The molecule has 2 aliphatic heterocycles. The minimum Gasteiger partial charge on any atom is -0.373 e. The molecule has 21 heavy (non-hydrogen) atoms. The predicted molar refractivity (Wildman–Crippen MR) is 83.6 cm³/mol. The maximum atomic E-state index is 5.78. The number of hydrogen-bond acceptors (Lipinski definition) is 5. The lowest BCUT2D eigenvalue weighted by Crippen LogP contribution is -2.51. The van der Waals surface area contributed by atoms with Crippen LogP contribution >= 0.6 is 0 Å². The number of aromatic nitrogens is 3. The molecule has 0 aliphatic carbocycles. The molecule has 1 atom stereocenters. The molecule has 0 bridgehead atoms. The van der Waals surface area contributed by atoms with Gasteiger partial charge in [-0.15, -0.1) is 0 Å². The fraction of sp³-hybridized carbons (Fsp3) is 0.562. The molecule has 0 radical (unpaired) electrons. The number of rotatable bonds is 0. The van der Waals surface area contributed by atoms with E-state index in [0.29, 0.717) is 12.6 Å². The number of anilines is 1. The van der Waals surface area contributed by atoms with Crippen LogP contribution in [0, 0.1) is 13.8 Å². The van der Waals surface area contributed by atoms with Gasteiger partial charge in [-0.1, -0.05) is 13.8 Å². The summed E-state index contributed by atoms with van der Waals surface area (Å²) >= 11 is 0. The van der Waals surface area contributed by atoms with Gasteiger partial charge in [0.05, 0.1) is 35.9 Å². The molecular formula is C16H22N4O. The summed E-state index contributed by atoms with van der Waals surface area (Å²) < 4.78 is 5.78. The molecule has 1 unspecified atom stereocenters. The quantitative estimate of drug-likeness (QED) is 0.745. The van der Waals surface area contributed by atoms with E-state index in [1.165, 1.54) is 6.42 Å². The highest BCUT2D eigenvalue weighted by Crippen LogP contribution is 2.34. The normalized spacial score (nSPS) is 19.8. The lowest BCUT2D eigenvalue weighted by Gasteiger charge is -2.43. The second kappa shape index (κ2) is 5.56. The van der Waals surface area contributed by atoms with Gasteiger partial charge in [0.15, 0.2) is 0 Å². The molecule has 4 rings (SSSR count). The molecule has 2 aliphatic rings. The number of ether oxygens (including phenoxy) is 1. The molecule has 0 aromatic carbocycles. The van der Waals surface area contributed by atoms with Gasteiger partial charge in [0, 0.05) is 12.2 Å². The Labute approximate surface area is 125 Å². The van der Waals surface area contributed by atoms with Crippen LogP contribution < -0.4 is 4.90 Å². The first-order chi connectivity index (χ1) is 10.2.